The van der Waals surface area contributed by atoms with Crippen LogP contribution in [0.1, 0.15) is 18.5 Å². The number of allylic oxidation sites excluding steroid dienone is 1. The zero-order valence-electron chi connectivity index (χ0n) is 13.2. The van der Waals surface area contributed by atoms with Gasteiger partial charge in [0.15, 0.2) is 0 Å². The maximum Gasteiger partial charge on any atom is 0.338 e. The fraction of sp³-hybridized carbons (Fsp3) is 0.333. The molecule has 1 aliphatic heterocycles. The first-order valence-corrected chi connectivity index (χ1v) is 7.67. The number of rotatable bonds is 5. The molecule has 0 spiro atoms. The molecule has 1 aliphatic rings. The molecule has 2 aromatic rings. The third kappa shape index (κ3) is 2.98. The van der Waals surface area contributed by atoms with E-state index in [1.54, 1.807) is 20.1 Å². The van der Waals surface area contributed by atoms with Gasteiger partial charge in [0.05, 0.1) is 12.2 Å². The summed E-state index contributed by atoms with van der Waals surface area (Å²) in [7, 11) is 1.54. The van der Waals surface area contributed by atoms with Gasteiger partial charge in [-0.3, -0.25) is 0 Å². The molecule has 3 rings (SSSR count). The minimum atomic E-state index is -0.569. The van der Waals surface area contributed by atoms with Gasteiger partial charge in [0, 0.05) is 23.4 Å². The quantitative estimate of drug-likeness (QED) is 0.650. The highest BCUT2D eigenvalue weighted by molar-refractivity contribution is 6.31. The van der Waals surface area contributed by atoms with E-state index in [0.717, 1.165) is 0 Å². The van der Waals surface area contributed by atoms with Crippen LogP contribution in [0.5, 0.6) is 0 Å². The number of tetrazole rings is 1. The van der Waals surface area contributed by atoms with Gasteiger partial charge in [0.25, 0.3) is 0 Å². The topological polar surface area (TPSA) is 91.2 Å². The average molecular weight is 350 g/mol. The van der Waals surface area contributed by atoms with Crippen molar-refractivity contribution in [3.05, 3.63) is 46.1 Å². The lowest BCUT2D eigenvalue weighted by Crippen LogP contribution is -2.30. The summed E-state index contributed by atoms with van der Waals surface area (Å²) in [4.78, 5) is 12.6. The molecule has 0 saturated carbocycles. The standard InChI is InChI=1S/C15H16ClN5O3/c1-9-12(14(22)24-8-7-23-2)13(10-5-3-4-6-11(10)16)21-15(17-9)18-19-20-21/h3-6,13H,7-8H2,1-2H3,(H,17,18,20)/t13-/m1/s1. The number of esters is 1. The zero-order valence-corrected chi connectivity index (χ0v) is 13.9. The molecule has 0 saturated heterocycles. The number of hydrogen-bond acceptors (Lipinski definition) is 7. The van der Waals surface area contributed by atoms with E-state index < -0.39 is 12.0 Å². The summed E-state index contributed by atoms with van der Waals surface area (Å²) >= 11 is 6.34. The van der Waals surface area contributed by atoms with Crippen molar-refractivity contribution in [2.45, 2.75) is 13.0 Å². The molecule has 1 aromatic carbocycles. The van der Waals surface area contributed by atoms with Crippen LogP contribution in [0, 0.1) is 0 Å². The molecule has 1 aromatic heterocycles. The van der Waals surface area contributed by atoms with Crippen LogP contribution in [0.2, 0.25) is 5.02 Å². The number of hydrogen-bond donors (Lipinski definition) is 1. The number of nitrogens with zero attached hydrogens (tertiary/aromatic N) is 4. The number of ether oxygens (including phenoxy) is 2. The second kappa shape index (κ2) is 6.98. The third-order valence-corrected chi connectivity index (χ3v) is 4.00. The Kier molecular flexibility index (Phi) is 4.77. The number of anilines is 1. The molecule has 0 amide bonds. The highest BCUT2D eigenvalue weighted by Gasteiger charge is 2.35. The number of aromatic nitrogens is 4. The van der Waals surface area contributed by atoms with Gasteiger partial charge in [-0.25, -0.2) is 4.79 Å². The summed E-state index contributed by atoms with van der Waals surface area (Å²) in [5, 5.41) is 15.1. The minimum Gasteiger partial charge on any atom is -0.460 e. The lowest BCUT2D eigenvalue weighted by atomic mass is 9.96. The first kappa shape index (κ1) is 16.4. The molecule has 8 nitrogen and oxygen atoms in total. The van der Waals surface area contributed by atoms with E-state index >= 15 is 0 Å². The van der Waals surface area contributed by atoms with Crippen LogP contribution >= 0.6 is 11.6 Å². The number of carbonyl (C=O) groups excluding carboxylic acids is 1. The van der Waals surface area contributed by atoms with Crippen molar-refractivity contribution in [2.75, 3.05) is 25.6 Å². The molecule has 0 radical (unpaired) electrons. The molecule has 9 heteroatoms. The maximum absolute atomic E-state index is 12.6. The number of fused-ring (bicyclic) bond motifs is 1. The third-order valence-electron chi connectivity index (χ3n) is 3.65. The van der Waals surface area contributed by atoms with Crippen LogP contribution in [0.4, 0.5) is 5.95 Å². The van der Waals surface area contributed by atoms with Crippen molar-refractivity contribution in [3.63, 3.8) is 0 Å². The summed E-state index contributed by atoms with van der Waals surface area (Å²) < 4.78 is 11.7. The molecule has 126 valence electrons. The fourth-order valence-electron chi connectivity index (χ4n) is 2.56. The Hall–Kier alpha value is -2.45. The molecule has 0 unspecified atom stereocenters. The normalized spacial score (nSPS) is 16.5. The van der Waals surface area contributed by atoms with Crippen LogP contribution in [-0.4, -0.2) is 46.5 Å². The second-order valence-electron chi connectivity index (χ2n) is 5.16. The molecule has 1 N–H and O–H groups in total. The molecule has 1 atom stereocenters. The van der Waals surface area contributed by atoms with E-state index in [1.165, 1.54) is 4.68 Å². The Morgan fingerprint density at radius 2 is 2.17 bits per heavy atom. The van der Waals surface area contributed by atoms with Gasteiger partial charge in [0.2, 0.25) is 5.95 Å². The molecule has 2 heterocycles. The van der Waals surface area contributed by atoms with Crippen LogP contribution in [-0.2, 0) is 14.3 Å². The van der Waals surface area contributed by atoms with Crippen LogP contribution in [0.15, 0.2) is 35.5 Å². The van der Waals surface area contributed by atoms with Gasteiger partial charge >= 0.3 is 5.97 Å². The molecule has 0 bridgehead atoms. The van der Waals surface area contributed by atoms with Gasteiger partial charge in [-0.2, -0.15) is 4.68 Å². The Balaban J connectivity index is 2.04. The van der Waals surface area contributed by atoms with Crippen LogP contribution in [0.25, 0.3) is 0 Å². The highest BCUT2D eigenvalue weighted by atomic mass is 35.5. The molecule has 0 aliphatic carbocycles. The maximum atomic E-state index is 12.6. The number of methoxy groups -OCH3 is 1. The largest absolute Gasteiger partial charge is 0.460 e. The van der Waals surface area contributed by atoms with Gasteiger partial charge in [-0.1, -0.05) is 34.9 Å². The predicted molar refractivity (Wildman–Crippen MR) is 86.6 cm³/mol. The summed E-state index contributed by atoms with van der Waals surface area (Å²) in [6, 6.07) is 6.68. The summed E-state index contributed by atoms with van der Waals surface area (Å²) in [6.45, 7) is 2.25. The summed E-state index contributed by atoms with van der Waals surface area (Å²) in [5.74, 6) is -0.0334. The van der Waals surface area contributed by atoms with Crippen molar-refractivity contribution >= 4 is 23.5 Å². The van der Waals surface area contributed by atoms with Gasteiger partial charge < -0.3 is 14.8 Å². The zero-order chi connectivity index (χ0) is 17.1. The fourth-order valence-corrected chi connectivity index (χ4v) is 2.80. The van der Waals surface area contributed by atoms with Crippen LogP contribution < -0.4 is 5.32 Å². The van der Waals surface area contributed by atoms with E-state index in [1.807, 2.05) is 18.2 Å². The highest BCUT2D eigenvalue weighted by Crippen LogP contribution is 2.37. The van der Waals surface area contributed by atoms with Crippen LogP contribution in [0.3, 0.4) is 0 Å². The SMILES string of the molecule is COCCOC(=O)C1=C(C)Nc2nnnn2[C@@H]1c1ccccc1Cl. The average Bonchev–Trinajstić information content (AvgIpc) is 3.02. The van der Waals surface area contributed by atoms with Crippen molar-refractivity contribution in [3.8, 4) is 0 Å². The van der Waals surface area contributed by atoms with E-state index in [0.29, 0.717) is 34.4 Å². The van der Waals surface area contributed by atoms with E-state index in [2.05, 4.69) is 20.8 Å². The molecule has 0 fully saturated rings. The number of halogens is 1. The molecule has 24 heavy (non-hydrogen) atoms. The monoisotopic (exact) mass is 349 g/mol. The first-order valence-electron chi connectivity index (χ1n) is 7.29. The Bertz CT molecular complexity index is 789. The van der Waals surface area contributed by atoms with E-state index in [-0.39, 0.29) is 6.61 Å². The number of benzene rings is 1. The lowest BCUT2D eigenvalue weighted by Gasteiger charge is -2.27. The Morgan fingerprint density at radius 3 is 2.92 bits per heavy atom. The Labute approximate surface area is 143 Å². The van der Waals surface area contributed by atoms with Crippen molar-refractivity contribution in [1.82, 2.24) is 20.2 Å². The second-order valence-corrected chi connectivity index (χ2v) is 5.57. The summed E-state index contributed by atoms with van der Waals surface area (Å²) in [5.41, 5.74) is 1.73. The summed E-state index contributed by atoms with van der Waals surface area (Å²) in [6.07, 6.45) is 0. The Morgan fingerprint density at radius 1 is 1.38 bits per heavy atom. The van der Waals surface area contributed by atoms with Crippen molar-refractivity contribution in [1.29, 1.82) is 0 Å². The molecular weight excluding hydrogens is 334 g/mol. The van der Waals surface area contributed by atoms with E-state index in [4.69, 9.17) is 21.1 Å². The van der Waals surface area contributed by atoms with E-state index in [9.17, 15) is 4.79 Å². The lowest BCUT2D eigenvalue weighted by molar-refractivity contribution is -0.140. The van der Waals surface area contributed by atoms with Gasteiger partial charge in [-0.05, 0) is 23.4 Å². The molecular formula is C15H16ClN5O3. The first-order chi connectivity index (χ1) is 11.6. The van der Waals surface area contributed by atoms with Crippen molar-refractivity contribution < 1.29 is 14.3 Å². The van der Waals surface area contributed by atoms with Crippen molar-refractivity contribution in [2.24, 2.45) is 0 Å². The van der Waals surface area contributed by atoms with Gasteiger partial charge in [-0.15, -0.1) is 0 Å². The number of nitrogens with one attached hydrogen (secondary N) is 1. The smallest absolute Gasteiger partial charge is 0.338 e. The number of carbonyl (C=O) groups is 1. The minimum absolute atomic E-state index is 0.157. The van der Waals surface area contributed by atoms with Gasteiger partial charge in [0.1, 0.15) is 12.6 Å². The predicted octanol–water partition coefficient (Wildman–Crippen LogP) is 1.80.